The van der Waals surface area contributed by atoms with Crippen LogP contribution in [0.2, 0.25) is 0 Å². The molecule has 226 valence electrons. The van der Waals surface area contributed by atoms with Gasteiger partial charge in [0.2, 0.25) is 7.37 Å². The van der Waals surface area contributed by atoms with Crippen LogP contribution in [0.5, 0.6) is 0 Å². The largest absolute Gasteiger partial charge is 0.461 e. The highest BCUT2D eigenvalue weighted by atomic mass is 31.2. The van der Waals surface area contributed by atoms with Gasteiger partial charge >= 0.3 is 24.4 Å². The van der Waals surface area contributed by atoms with E-state index in [9.17, 15) is 45.4 Å². The molecule has 0 fully saturated rings. The van der Waals surface area contributed by atoms with Gasteiger partial charge in [-0.05, 0) is 41.3 Å². The Bertz CT molecular complexity index is 1370. The monoisotopic (exact) mass is 617 g/mol. The topological polar surface area (TPSA) is 102 Å². The zero-order chi connectivity index (χ0) is 31.0. The van der Waals surface area contributed by atoms with E-state index in [4.69, 9.17) is 9.47 Å². The summed E-state index contributed by atoms with van der Waals surface area (Å²) < 4.78 is 103. The van der Waals surface area contributed by atoms with Crippen LogP contribution in [0.15, 0.2) is 78.9 Å². The number of alkyl carbamates (subject to hydrolysis) is 1. The molecular weight excluding hydrogens is 591 g/mol. The summed E-state index contributed by atoms with van der Waals surface area (Å²) in [6.07, 6.45) is -13.7. The number of amides is 1. The first-order chi connectivity index (χ1) is 19.6. The average Bonchev–Trinajstić information content (AvgIpc) is 2.92. The molecule has 0 bridgehead atoms. The molecule has 0 saturated heterocycles. The molecule has 0 aliphatic rings. The molecule has 0 radical (unpaired) electrons. The van der Waals surface area contributed by atoms with Crippen LogP contribution in [-0.2, 0) is 50.6 Å². The highest BCUT2D eigenvalue weighted by molar-refractivity contribution is 7.57. The molecular formula is C28H26F6NO6P. The Hall–Kier alpha value is -3.83. The van der Waals surface area contributed by atoms with Crippen molar-refractivity contribution >= 4 is 19.4 Å². The third-order valence-electron chi connectivity index (χ3n) is 5.91. The summed E-state index contributed by atoms with van der Waals surface area (Å²) in [5, 5.41) is 2.14. The number of esters is 1. The lowest BCUT2D eigenvalue weighted by Gasteiger charge is -2.24. The van der Waals surface area contributed by atoms with Crippen molar-refractivity contribution < 1.29 is 54.9 Å². The minimum absolute atomic E-state index is 0.106. The lowest BCUT2D eigenvalue weighted by atomic mass is 10.1. The van der Waals surface area contributed by atoms with Gasteiger partial charge in [-0.1, -0.05) is 60.7 Å². The molecule has 3 rings (SSSR count). The van der Waals surface area contributed by atoms with Crippen LogP contribution >= 0.6 is 7.37 Å². The van der Waals surface area contributed by atoms with Crippen LogP contribution in [0.1, 0.15) is 40.7 Å². The molecule has 3 aromatic rings. The predicted octanol–water partition coefficient (Wildman–Crippen LogP) is 7.27. The molecule has 0 spiro atoms. The van der Waals surface area contributed by atoms with E-state index in [0.717, 1.165) is 0 Å². The molecule has 2 unspecified atom stereocenters. The summed E-state index contributed by atoms with van der Waals surface area (Å²) in [6.45, 7) is -0.352. The molecule has 0 aliphatic carbocycles. The standard InChI is InChI=1S/C28H26F6NO6P/c29-27(30,31)22-13-21(14-23(15-22)28(32,33)34)18-42(38,39)24(35-26(37)41-17-20-9-5-2-6-10-20)11-12-25(36)40-16-19-7-3-1-4-8-19/h1-10,13-15,24H,11-12,16-18H2,(H,35,37)(H,38,39). The Kier molecular flexibility index (Phi) is 10.8. The van der Waals surface area contributed by atoms with Crippen molar-refractivity contribution in [1.82, 2.24) is 5.32 Å². The second-order valence-electron chi connectivity index (χ2n) is 9.23. The van der Waals surface area contributed by atoms with Crippen molar-refractivity contribution in [2.45, 2.75) is 50.4 Å². The third-order valence-corrected chi connectivity index (χ3v) is 8.08. The summed E-state index contributed by atoms with van der Waals surface area (Å²) in [7, 11) is -4.81. The first-order valence-corrected chi connectivity index (χ1v) is 14.3. The van der Waals surface area contributed by atoms with Crippen LogP contribution in [0, 0.1) is 0 Å². The van der Waals surface area contributed by atoms with E-state index in [1.54, 1.807) is 60.7 Å². The average molecular weight is 617 g/mol. The second-order valence-corrected chi connectivity index (χ2v) is 11.7. The number of hydrogen-bond donors (Lipinski definition) is 2. The van der Waals surface area contributed by atoms with Crippen molar-refractivity contribution in [3.63, 3.8) is 0 Å². The van der Waals surface area contributed by atoms with E-state index >= 15 is 0 Å². The molecule has 7 nitrogen and oxygen atoms in total. The van der Waals surface area contributed by atoms with Gasteiger partial charge in [0.1, 0.15) is 19.0 Å². The van der Waals surface area contributed by atoms with Crippen molar-refractivity contribution in [3.8, 4) is 0 Å². The Labute approximate surface area is 236 Å². The maximum Gasteiger partial charge on any atom is 0.416 e. The Morgan fingerprint density at radius 3 is 1.71 bits per heavy atom. The number of rotatable bonds is 11. The summed E-state index contributed by atoms with van der Waals surface area (Å²) >= 11 is 0. The van der Waals surface area contributed by atoms with E-state index in [0.29, 0.717) is 23.3 Å². The van der Waals surface area contributed by atoms with Crippen LogP contribution in [0.3, 0.4) is 0 Å². The molecule has 0 aromatic heterocycles. The molecule has 0 aliphatic heterocycles. The van der Waals surface area contributed by atoms with E-state index in [-0.39, 0.29) is 19.3 Å². The third kappa shape index (κ3) is 10.2. The normalized spacial score (nSPS) is 14.0. The zero-order valence-corrected chi connectivity index (χ0v) is 22.7. The lowest BCUT2D eigenvalue weighted by Crippen LogP contribution is -2.36. The van der Waals surface area contributed by atoms with E-state index in [1.165, 1.54) is 0 Å². The molecule has 2 atom stereocenters. The fourth-order valence-corrected chi connectivity index (χ4v) is 5.59. The van der Waals surface area contributed by atoms with Gasteiger partial charge in [0.05, 0.1) is 17.3 Å². The van der Waals surface area contributed by atoms with Crippen LogP contribution < -0.4 is 5.32 Å². The van der Waals surface area contributed by atoms with Gasteiger partial charge < -0.3 is 19.7 Å². The van der Waals surface area contributed by atoms with Crippen LogP contribution in [-0.4, -0.2) is 22.7 Å². The Morgan fingerprint density at radius 1 is 0.762 bits per heavy atom. The molecule has 42 heavy (non-hydrogen) atoms. The number of benzene rings is 3. The molecule has 2 N–H and O–H groups in total. The van der Waals surface area contributed by atoms with Gasteiger partial charge in [0.15, 0.2) is 0 Å². The highest BCUT2D eigenvalue weighted by Gasteiger charge is 2.39. The number of halogens is 6. The molecule has 0 saturated carbocycles. The maximum absolute atomic E-state index is 13.4. The number of carbonyl (C=O) groups excluding carboxylic acids is 2. The molecule has 1 amide bonds. The summed E-state index contributed by atoms with van der Waals surface area (Å²) in [4.78, 5) is 35.6. The number of carbonyl (C=O) groups is 2. The first kappa shape index (κ1) is 32.7. The van der Waals surface area contributed by atoms with Gasteiger partial charge in [-0.25, -0.2) is 4.79 Å². The van der Waals surface area contributed by atoms with Crippen molar-refractivity contribution in [2.75, 3.05) is 0 Å². The zero-order valence-electron chi connectivity index (χ0n) is 21.8. The number of ether oxygens (including phenoxy) is 2. The smallest absolute Gasteiger partial charge is 0.416 e. The number of hydrogen-bond acceptors (Lipinski definition) is 5. The molecule has 14 heteroatoms. The number of alkyl halides is 6. The summed E-state index contributed by atoms with van der Waals surface area (Å²) in [6, 6.07) is 17.4. The lowest BCUT2D eigenvalue weighted by molar-refractivity contribution is -0.145. The van der Waals surface area contributed by atoms with Crippen LogP contribution in [0.4, 0.5) is 31.1 Å². The Morgan fingerprint density at radius 2 is 1.24 bits per heavy atom. The van der Waals surface area contributed by atoms with E-state index < -0.39 is 73.3 Å². The highest BCUT2D eigenvalue weighted by Crippen LogP contribution is 2.51. The summed E-state index contributed by atoms with van der Waals surface area (Å²) in [5.74, 6) is -2.59. The van der Waals surface area contributed by atoms with Gasteiger partial charge in [-0.3, -0.25) is 9.36 Å². The van der Waals surface area contributed by atoms with Gasteiger partial charge in [-0.2, -0.15) is 26.3 Å². The summed E-state index contributed by atoms with van der Waals surface area (Å²) in [5.41, 5.74) is -2.83. The predicted molar refractivity (Wildman–Crippen MR) is 139 cm³/mol. The van der Waals surface area contributed by atoms with E-state index in [2.05, 4.69) is 5.32 Å². The Balaban J connectivity index is 1.79. The maximum atomic E-state index is 13.4. The molecule has 3 aromatic carbocycles. The van der Waals surface area contributed by atoms with E-state index in [1.807, 2.05) is 0 Å². The van der Waals surface area contributed by atoms with Gasteiger partial charge in [0.25, 0.3) is 0 Å². The van der Waals surface area contributed by atoms with Crippen molar-refractivity contribution in [1.29, 1.82) is 0 Å². The minimum Gasteiger partial charge on any atom is -0.461 e. The fourth-order valence-electron chi connectivity index (χ4n) is 3.82. The fraction of sp³-hybridized carbons (Fsp3) is 0.286. The quantitative estimate of drug-likeness (QED) is 0.133. The minimum atomic E-state index is -5.17. The molecule has 0 heterocycles. The van der Waals surface area contributed by atoms with Gasteiger partial charge in [-0.15, -0.1) is 0 Å². The first-order valence-electron chi connectivity index (χ1n) is 12.4. The van der Waals surface area contributed by atoms with Gasteiger partial charge in [0, 0.05) is 6.42 Å². The SMILES string of the molecule is O=C(CCC(NC(=O)OCc1ccccc1)P(=O)(O)Cc1cc(C(F)(F)F)cc(C(F)(F)F)c1)OCc1ccccc1. The van der Waals surface area contributed by atoms with Crippen LogP contribution in [0.25, 0.3) is 0 Å². The second kappa shape index (κ2) is 13.9. The number of nitrogens with one attached hydrogen (secondary N) is 1. The van der Waals surface area contributed by atoms with Crippen molar-refractivity contribution in [2.24, 2.45) is 0 Å². The van der Waals surface area contributed by atoms with Crippen molar-refractivity contribution in [3.05, 3.63) is 107 Å².